The first kappa shape index (κ1) is 21.5. The molecule has 0 atom stereocenters. The molecule has 1 aromatic rings. The molecule has 0 aliphatic heterocycles. The number of carbonyl (C=O) groups excluding carboxylic acids is 2. The van der Waals surface area contributed by atoms with Gasteiger partial charge in [-0.1, -0.05) is 49.2 Å². The molecule has 1 rings (SSSR count). The Morgan fingerprint density at radius 2 is 1.88 bits per heavy atom. The smallest absolute Gasteiger partial charge is 0.323 e. The van der Waals surface area contributed by atoms with Crippen LogP contribution in [0.2, 0.25) is 5.02 Å². The molecule has 0 saturated heterocycles. The molecular weight excluding hydrogens is 362 g/mol. The predicted octanol–water partition coefficient (Wildman–Crippen LogP) is 4.21. The highest BCUT2D eigenvalue weighted by Gasteiger charge is 2.23. The number of benzene rings is 1. The summed E-state index contributed by atoms with van der Waals surface area (Å²) in [7, 11) is 0. The average molecular weight is 386 g/mol. The standard InChI is InChI=1S/C18H24ClNO4S/c1-4-5-6-7-17(24)25-11-15(21)20(10-16(22)23)18-12(2)8-9-14(19)13(18)3/h8-9H,4-7,10-11H2,1-3H3,(H,22,23). The number of hydrogen-bond donors (Lipinski definition) is 1. The van der Waals surface area contributed by atoms with E-state index in [0.29, 0.717) is 22.7 Å². The number of rotatable bonds is 9. The van der Waals surface area contributed by atoms with Crippen LogP contribution in [0.1, 0.15) is 43.7 Å². The molecule has 138 valence electrons. The molecule has 1 N–H and O–H groups in total. The van der Waals surface area contributed by atoms with Crippen LogP contribution in [0.3, 0.4) is 0 Å². The van der Waals surface area contributed by atoms with Crippen molar-refractivity contribution in [2.24, 2.45) is 0 Å². The molecule has 7 heteroatoms. The van der Waals surface area contributed by atoms with Crippen molar-refractivity contribution in [3.63, 3.8) is 0 Å². The molecule has 0 bridgehead atoms. The minimum Gasteiger partial charge on any atom is -0.480 e. The Hall–Kier alpha value is -1.53. The van der Waals surface area contributed by atoms with E-state index >= 15 is 0 Å². The fourth-order valence-electron chi connectivity index (χ4n) is 2.47. The van der Waals surface area contributed by atoms with Crippen LogP contribution >= 0.6 is 23.4 Å². The topological polar surface area (TPSA) is 74.7 Å². The lowest BCUT2D eigenvalue weighted by Gasteiger charge is -2.25. The van der Waals surface area contributed by atoms with Gasteiger partial charge in [0.25, 0.3) is 0 Å². The van der Waals surface area contributed by atoms with Crippen LogP contribution in [-0.4, -0.2) is 34.4 Å². The quantitative estimate of drug-likeness (QED) is 0.644. The van der Waals surface area contributed by atoms with Crippen molar-refractivity contribution in [3.05, 3.63) is 28.3 Å². The van der Waals surface area contributed by atoms with Crippen LogP contribution in [-0.2, 0) is 14.4 Å². The lowest BCUT2D eigenvalue weighted by Crippen LogP contribution is -2.38. The SMILES string of the molecule is CCCCCC(=O)SCC(=O)N(CC(=O)O)c1c(C)ccc(Cl)c1C. The summed E-state index contributed by atoms with van der Waals surface area (Å²) in [6.07, 6.45) is 3.24. The molecular formula is C18H24ClNO4S. The summed E-state index contributed by atoms with van der Waals surface area (Å²) in [5.41, 5.74) is 1.91. The first-order chi connectivity index (χ1) is 11.8. The predicted molar refractivity (Wildman–Crippen MR) is 103 cm³/mol. The van der Waals surface area contributed by atoms with E-state index in [1.165, 1.54) is 4.90 Å². The highest BCUT2D eigenvalue weighted by atomic mass is 35.5. The number of halogens is 1. The summed E-state index contributed by atoms with van der Waals surface area (Å²) in [5.74, 6) is -1.61. The molecule has 0 unspecified atom stereocenters. The maximum Gasteiger partial charge on any atom is 0.323 e. The summed E-state index contributed by atoms with van der Waals surface area (Å²) < 4.78 is 0. The lowest BCUT2D eigenvalue weighted by atomic mass is 10.1. The Morgan fingerprint density at radius 3 is 2.48 bits per heavy atom. The Bertz CT molecular complexity index is 648. The molecule has 0 aliphatic carbocycles. The van der Waals surface area contributed by atoms with Crippen molar-refractivity contribution in [1.82, 2.24) is 0 Å². The first-order valence-corrected chi connectivity index (χ1v) is 9.57. The third-order valence-electron chi connectivity index (χ3n) is 3.77. The van der Waals surface area contributed by atoms with Gasteiger partial charge in [0, 0.05) is 11.4 Å². The number of anilines is 1. The van der Waals surface area contributed by atoms with Gasteiger partial charge in [-0.2, -0.15) is 0 Å². The van der Waals surface area contributed by atoms with Gasteiger partial charge in [-0.15, -0.1) is 0 Å². The van der Waals surface area contributed by atoms with E-state index < -0.39 is 18.4 Å². The van der Waals surface area contributed by atoms with Gasteiger partial charge in [0.2, 0.25) is 5.91 Å². The molecule has 0 saturated carbocycles. The minimum absolute atomic E-state index is 0.0448. The highest BCUT2D eigenvalue weighted by molar-refractivity contribution is 8.14. The van der Waals surface area contributed by atoms with Crippen LogP contribution < -0.4 is 4.90 Å². The van der Waals surface area contributed by atoms with Gasteiger partial charge < -0.3 is 5.11 Å². The Kier molecular flexibility index (Phi) is 9.00. The van der Waals surface area contributed by atoms with Gasteiger partial charge in [0.1, 0.15) is 6.54 Å². The average Bonchev–Trinajstić information content (AvgIpc) is 2.55. The van der Waals surface area contributed by atoms with Crippen LogP contribution in [0.4, 0.5) is 5.69 Å². The molecule has 25 heavy (non-hydrogen) atoms. The van der Waals surface area contributed by atoms with Crippen molar-refractivity contribution >= 4 is 46.0 Å². The zero-order valence-corrected chi connectivity index (χ0v) is 16.4. The maximum absolute atomic E-state index is 12.6. The van der Waals surface area contributed by atoms with Crippen molar-refractivity contribution in [2.45, 2.75) is 46.5 Å². The maximum atomic E-state index is 12.6. The zero-order chi connectivity index (χ0) is 19.0. The third kappa shape index (κ3) is 6.71. The van der Waals surface area contributed by atoms with Gasteiger partial charge in [0.15, 0.2) is 5.12 Å². The monoisotopic (exact) mass is 385 g/mol. The van der Waals surface area contributed by atoms with Crippen LogP contribution in [0.5, 0.6) is 0 Å². The van der Waals surface area contributed by atoms with E-state index in [4.69, 9.17) is 16.7 Å². The number of carboxylic acids is 1. The van der Waals surface area contributed by atoms with E-state index in [2.05, 4.69) is 6.92 Å². The Balaban J connectivity index is 2.89. The van der Waals surface area contributed by atoms with Gasteiger partial charge >= 0.3 is 5.97 Å². The van der Waals surface area contributed by atoms with E-state index in [-0.39, 0.29) is 10.9 Å². The molecule has 0 radical (unpaired) electrons. The zero-order valence-electron chi connectivity index (χ0n) is 14.8. The van der Waals surface area contributed by atoms with Crippen molar-refractivity contribution in [3.8, 4) is 0 Å². The number of unbranched alkanes of at least 4 members (excludes halogenated alkanes) is 2. The lowest BCUT2D eigenvalue weighted by molar-refractivity contribution is -0.136. The van der Waals surface area contributed by atoms with Gasteiger partial charge in [0.05, 0.1) is 11.4 Å². The summed E-state index contributed by atoms with van der Waals surface area (Å²) in [5, 5.41) is 9.59. The van der Waals surface area contributed by atoms with Crippen LogP contribution in [0, 0.1) is 13.8 Å². The summed E-state index contributed by atoms with van der Waals surface area (Å²) in [4.78, 5) is 36.8. The molecule has 0 aliphatic rings. The minimum atomic E-state index is -1.12. The van der Waals surface area contributed by atoms with Gasteiger partial charge in [-0.05, 0) is 37.5 Å². The molecule has 1 amide bonds. The summed E-state index contributed by atoms with van der Waals surface area (Å²) in [6, 6.07) is 3.46. The molecule has 0 heterocycles. The van der Waals surface area contributed by atoms with E-state index in [1.807, 2.05) is 0 Å². The number of hydrogen-bond acceptors (Lipinski definition) is 4. The van der Waals surface area contributed by atoms with E-state index in [1.54, 1.807) is 26.0 Å². The molecule has 0 aromatic heterocycles. The van der Waals surface area contributed by atoms with Crippen LogP contribution in [0.25, 0.3) is 0 Å². The fraction of sp³-hybridized carbons (Fsp3) is 0.500. The second kappa shape index (κ2) is 10.5. The molecule has 5 nitrogen and oxygen atoms in total. The van der Waals surface area contributed by atoms with E-state index in [9.17, 15) is 14.4 Å². The Labute approximate surface area is 157 Å². The molecule has 0 fully saturated rings. The number of aryl methyl sites for hydroxylation is 1. The van der Waals surface area contributed by atoms with Crippen molar-refractivity contribution in [2.75, 3.05) is 17.2 Å². The molecule has 0 spiro atoms. The second-order valence-electron chi connectivity index (χ2n) is 5.83. The second-order valence-corrected chi connectivity index (χ2v) is 7.27. The number of nitrogens with zero attached hydrogens (tertiary/aromatic N) is 1. The van der Waals surface area contributed by atoms with Crippen molar-refractivity contribution < 1.29 is 19.5 Å². The number of aliphatic carboxylic acids is 1. The third-order valence-corrected chi connectivity index (χ3v) is 5.10. The number of carbonyl (C=O) groups is 3. The first-order valence-electron chi connectivity index (χ1n) is 8.21. The van der Waals surface area contributed by atoms with Crippen molar-refractivity contribution in [1.29, 1.82) is 0 Å². The largest absolute Gasteiger partial charge is 0.480 e. The number of thioether (sulfide) groups is 1. The Morgan fingerprint density at radius 1 is 1.20 bits per heavy atom. The highest BCUT2D eigenvalue weighted by Crippen LogP contribution is 2.31. The summed E-state index contributed by atoms with van der Waals surface area (Å²) >= 11 is 7.07. The van der Waals surface area contributed by atoms with E-state index in [0.717, 1.165) is 36.6 Å². The van der Waals surface area contributed by atoms with Gasteiger partial charge in [-0.3, -0.25) is 19.3 Å². The number of carboxylic acid groups (broad SMARTS) is 1. The normalized spacial score (nSPS) is 10.6. The van der Waals surface area contributed by atoms with Crippen LogP contribution in [0.15, 0.2) is 12.1 Å². The molecule has 1 aromatic carbocycles. The number of amides is 1. The van der Waals surface area contributed by atoms with Gasteiger partial charge in [-0.25, -0.2) is 0 Å². The fourth-order valence-corrected chi connectivity index (χ4v) is 3.35. The summed E-state index contributed by atoms with van der Waals surface area (Å²) in [6.45, 7) is 5.13.